The maximum Gasteiger partial charge on any atom is 0.159 e. The summed E-state index contributed by atoms with van der Waals surface area (Å²) in [4.78, 5) is 12.0. The van der Waals surface area contributed by atoms with Gasteiger partial charge in [-0.15, -0.1) is 0 Å². The molecule has 0 amide bonds. The SMILES string of the molecule is O=C1CC2(CCCCC2)C2=C1CCCC2. The molecule has 0 saturated heterocycles. The fourth-order valence-electron chi connectivity index (χ4n) is 4.03. The maximum atomic E-state index is 12.0. The zero-order valence-electron chi connectivity index (χ0n) is 9.48. The molecule has 3 aliphatic carbocycles. The highest BCUT2D eigenvalue weighted by Gasteiger charge is 2.45. The van der Waals surface area contributed by atoms with Crippen LogP contribution in [0.3, 0.4) is 0 Å². The molecule has 15 heavy (non-hydrogen) atoms. The van der Waals surface area contributed by atoms with Crippen LogP contribution in [0.2, 0.25) is 0 Å². The third kappa shape index (κ3) is 1.39. The van der Waals surface area contributed by atoms with Crippen LogP contribution in [0, 0.1) is 5.41 Å². The second-order valence-corrected chi connectivity index (χ2v) is 5.61. The van der Waals surface area contributed by atoms with E-state index < -0.39 is 0 Å². The summed E-state index contributed by atoms with van der Waals surface area (Å²) in [5, 5.41) is 0. The van der Waals surface area contributed by atoms with Crippen molar-refractivity contribution in [2.24, 2.45) is 5.41 Å². The third-order valence-electron chi connectivity index (χ3n) is 4.75. The summed E-state index contributed by atoms with van der Waals surface area (Å²) in [7, 11) is 0. The summed E-state index contributed by atoms with van der Waals surface area (Å²) in [5.41, 5.74) is 3.24. The molecule has 0 radical (unpaired) electrons. The standard InChI is InChI=1S/C14H20O/c15-13-10-14(8-4-1-5-9-14)12-7-3-2-6-11(12)13/h1-10H2. The van der Waals surface area contributed by atoms with Crippen LogP contribution in [-0.2, 0) is 4.79 Å². The zero-order chi connectivity index (χ0) is 10.3. The van der Waals surface area contributed by atoms with Crippen molar-refractivity contribution in [1.82, 2.24) is 0 Å². The van der Waals surface area contributed by atoms with Gasteiger partial charge in [0, 0.05) is 6.42 Å². The summed E-state index contributed by atoms with van der Waals surface area (Å²) in [5.74, 6) is 0.506. The van der Waals surface area contributed by atoms with Crippen LogP contribution in [0.4, 0.5) is 0 Å². The Kier molecular flexibility index (Phi) is 2.22. The lowest BCUT2D eigenvalue weighted by atomic mass is 9.67. The molecule has 0 bridgehead atoms. The zero-order valence-corrected chi connectivity index (χ0v) is 9.48. The minimum atomic E-state index is 0.366. The van der Waals surface area contributed by atoms with Gasteiger partial charge in [0.15, 0.2) is 5.78 Å². The normalized spacial score (nSPS) is 29.7. The van der Waals surface area contributed by atoms with Gasteiger partial charge in [0.25, 0.3) is 0 Å². The van der Waals surface area contributed by atoms with Gasteiger partial charge < -0.3 is 0 Å². The fourth-order valence-corrected chi connectivity index (χ4v) is 4.03. The Hall–Kier alpha value is -0.590. The molecule has 1 fully saturated rings. The molecule has 0 heterocycles. The highest BCUT2D eigenvalue weighted by Crippen LogP contribution is 2.54. The number of fused-ring (bicyclic) bond motifs is 1. The van der Waals surface area contributed by atoms with E-state index in [2.05, 4.69) is 0 Å². The lowest BCUT2D eigenvalue weighted by Gasteiger charge is -2.36. The Labute approximate surface area is 91.9 Å². The molecule has 82 valence electrons. The smallest absolute Gasteiger partial charge is 0.159 e. The van der Waals surface area contributed by atoms with Crippen molar-refractivity contribution < 1.29 is 4.79 Å². The number of rotatable bonds is 0. The molecule has 0 aliphatic heterocycles. The van der Waals surface area contributed by atoms with E-state index in [4.69, 9.17) is 0 Å². The molecule has 0 aromatic carbocycles. The molecular weight excluding hydrogens is 184 g/mol. The number of carbonyl (C=O) groups is 1. The van der Waals surface area contributed by atoms with Crippen LogP contribution < -0.4 is 0 Å². The average Bonchev–Trinajstić information content (AvgIpc) is 2.55. The number of hydrogen-bond donors (Lipinski definition) is 0. The van der Waals surface area contributed by atoms with Gasteiger partial charge in [0.2, 0.25) is 0 Å². The van der Waals surface area contributed by atoms with Gasteiger partial charge in [-0.25, -0.2) is 0 Å². The number of ketones is 1. The first-order valence-electron chi connectivity index (χ1n) is 6.58. The maximum absolute atomic E-state index is 12.0. The predicted molar refractivity (Wildman–Crippen MR) is 60.6 cm³/mol. The van der Waals surface area contributed by atoms with Crippen molar-refractivity contribution in [2.75, 3.05) is 0 Å². The predicted octanol–water partition coefficient (Wildman–Crippen LogP) is 3.78. The second-order valence-electron chi connectivity index (χ2n) is 5.61. The van der Waals surface area contributed by atoms with E-state index in [9.17, 15) is 4.79 Å². The minimum absolute atomic E-state index is 0.366. The highest BCUT2D eigenvalue weighted by molar-refractivity contribution is 6.00. The Bertz CT molecular complexity index is 318. The van der Waals surface area contributed by atoms with Crippen LogP contribution >= 0.6 is 0 Å². The molecule has 1 saturated carbocycles. The van der Waals surface area contributed by atoms with Crippen molar-refractivity contribution in [3.05, 3.63) is 11.1 Å². The van der Waals surface area contributed by atoms with Gasteiger partial charge in [-0.2, -0.15) is 0 Å². The highest BCUT2D eigenvalue weighted by atomic mass is 16.1. The summed E-state index contributed by atoms with van der Waals surface area (Å²) in [6, 6.07) is 0. The summed E-state index contributed by atoms with van der Waals surface area (Å²) >= 11 is 0. The molecule has 0 unspecified atom stereocenters. The van der Waals surface area contributed by atoms with Gasteiger partial charge >= 0.3 is 0 Å². The van der Waals surface area contributed by atoms with E-state index in [1.807, 2.05) is 0 Å². The van der Waals surface area contributed by atoms with Gasteiger partial charge in [-0.3, -0.25) is 4.79 Å². The van der Waals surface area contributed by atoms with Gasteiger partial charge in [-0.05, 0) is 49.5 Å². The molecule has 1 nitrogen and oxygen atoms in total. The van der Waals surface area contributed by atoms with Crippen molar-refractivity contribution in [3.8, 4) is 0 Å². The number of allylic oxidation sites excluding steroid dienone is 2. The lowest BCUT2D eigenvalue weighted by Crippen LogP contribution is -2.24. The molecule has 0 aromatic heterocycles. The number of Topliss-reactive ketones (excluding diaryl/α,β-unsaturated/α-hetero) is 1. The number of carbonyl (C=O) groups excluding carboxylic acids is 1. The Balaban J connectivity index is 1.97. The molecule has 0 N–H and O–H groups in total. The summed E-state index contributed by atoms with van der Waals surface area (Å²) < 4.78 is 0. The third-order valence-corrected chi connectivity index (χ3v) is 4.75. The molecule has 1 spiro atoms. The van der Waals surface area contributed by atoms with Crippen molar-refractivity contribution >= 4 is 5.78 Å². The quantitative estimate of drug-likeness (QED) is 0.587. The van der Waals surface area contributed by atoms with Crippen LogP contribution in [0.5, 0.6) is 0 Å². The molecule has 3 aliphatic rings. The fraction of sp³-hybridized carbons (Fsp3) is 0.786. The van der Waals surface area contributed by atoms with Crippen LogP contribution in [0.1, 0.15) is 64.2 Å². The lowest BCUT2D eigenvalue weighted by molar-refractivity contribution is -0.116. The minimum Gasteiger partial charge on any atom is -0.295 e. The van der Waals surface area contributed by atoms with E-state index >= 15 is 0 Å². The van der Waals surface area contributed by atoms with Crippen molar-refractivity contribution in [1.29, 1.82) is 0 Å². The first-order valence-corrected chi connectivity index (χ1v) is 6.58. The molecule has 1 heteroatoms. The first kappa shape index (κ1) is 9.62. The van der Waals surface area contributed by atoms with E-state index in [0.717, 1.165) is 12.8 Å². The first-order chi connectivity index (χ1) is 7.32. The van der Waals surface area contributed by atoms with E-state index in [1.165, 1.54) is 56.9 Å². The van der Waals surface area contributed by atoms with Gasteiger partial charge in [-0.1, -0.05) is 24.8 Å². The molecule has 0 aromatic rings. The largest absolute Gasteiger partial charge is 0.295 e. The van der Waals surface area contributed by atoms with Crippen LogP contribution in [-0.4, -0.2) is 5.78 Å². The monoisotopic (exact) mass is 204 g/mol. The summed E-state index contributed by atoms with van der Waals surface area (Å²) in [6.45, 7) is 0. The molecule has 0 atom stereocenters. The van der Waals surface area contributed by atoms with E-state index in [0.29, 0.717) is 11.2 Å². The van der Waals surface area contributed by atoms with Crippen molar-refractivity contribution in [2.45, 2.75) is 64.2 Å². The topological polar surface area (TPSA) is 17.1 Å². The number of hydrogen-bond acceptors (Lipinski definition) is 1. The van der Waals surface area contributed by atoms with Gasteiger partial charge in [0.1, 0.15) is 0 Å². The van der Waals surface area contributed by atoms with E-state index in [1.54, 1.807) is 5.57 Å². The van der Waals surface area contributed by atoms with E-state index in [-0.39, 0.29) is 0 Å². The Morgan fingerprint density at radius 2 is 1.60 bits per heavy atom. The molecule has 3 rings (SSSR count). The average molecular weight is 204 g/mol. The van der Waals surface area contributed by atoms with Crippen molar-refractivity contribution in [3.63, 3.8) is 0 Å². The second kappa shape index (κ2) is 3.47. The van der Waals surface area contributed by atoms with Crippen LogP contribution in [0.25, 0.3) is 0 Å². The Morgan fingerprint density at radius 3 is 2.40 bits per heavy atom. The molecular formula is C14H20O. The van der Waals surface area contributed by atoms with Gasteiger partial charge in [0.05, 0.1) is 0 Å². The van der Waals surface area contributed by atoms with Crippen LogP contribution in [0.15, 0.2) is 11.1 Å². The summed E-state index contributed by atoms with van der Waals surface area (Å²) in [6.07, 6.45) is 12.5. The Morgan fingerprint density at radius 1 is 0.867 bits per heavy atom.